The number of hydrogen-bond acceptors (Lipinski definition) is 3. The van der Waals surface area contributed by atoms with Crippen LogP contribution >= 0.6 is 0 Å². The zero-order valence-electron chi connectivity index (χ0n) is 14.8. The van der Waals surface area contributed by atoms with Crippen LogP contribution in [0.4, 0.5) is 0 Å². The quantitative estimate of drug-likeness (QED) is 0.842. The van der Waals surface area contributed by atoms with Crippen molar-refractivity contribution in [1.29, 1.82) is 0 Å². The molecule has 0 heterocycles. The fourth-order valence-electron chi connectivity index (χ4n) is 6.64. The minimum atomic E-state index is -0.366. The summed E-state index contributed by atoms with van der Waals surface area (Å²) in [6, 6.07) is 0. The highest BCUT2D eigenvalue weighted by atomic mass is 16.3. The van der Waals surface area contributed by atoms with Gasteiger partial charge in [0.05, 0.1) is 0 Å². The van der Waals surface area contributed by atoms with Gasteiger partial charge in [0, 0.05) is 6.42 Å². The first-order chi connectivity index (χ1) is 11.4. The van der Waals surface area contributed by atoms with Crippen molar-refractivity contribution in [2.75, 3.05) is 6.61 Å². The summed E-state index contributed by atoms with van der Waals surface area (Å²) in [5, 5.41) is 9.32. The lowest BCUT2D eigenvalue weighted by Gasteiger charge is -2.57. The van der Waals surface area contributed by atoms with Crippen LogP contribution in [0.25, 0.3) is 0 Å². The van der Waals surface area contributed by atoms with Gasteiger partial charge in [-0.2, -0.15) is 0 Å². The van der Waals surface area contributed by atoms with E-state index in [1.54, 1.807) is 0 Å². The molecule has 3 nitrogen and oxygen atoms in total. The Labute approximate surface area is 144 Å². The number of aliphatic hydroxyl groups is 1. The molecule has 2 fully saturated rings. The van der Waals surface area contributed by atoms with Crippen molar-refractivity contribution in [2.45, 2.75) is 58.8 Å². The summed E-state index contributed by atoms with van der Waals surface area (Å²) in [5.74, 6) is 2.03. The van der Waals surface area contributed by atoms with Crippen molar-refractivity contribution < 1.29 is 14.7 Å². The van der Waals surface area contributed by atoms with Crippen LogP contribution in [-0.2, 0) is 9.59 Å². The first-order valence-electron chi connectivity index (χ1n) is 9.49. The molecule has 0 spiro atoms. The maximum atomic E-state index is 12.2. The molecule has 0 bridgehead atoms. The van der Waals surface area contributed by atoms with Crippen LogP contribution < -0.4 is 0 Å². The van der Waals surface area contributed by atoms with Crippen molar-refractivity contribution in [1.82, 2.24) is 0 Å². The monoisotopic (exact) mass is 328 g/mol. The van der Waals surface area contributed by atoms with Gasteiger partial charge in [-0.25, -0.2) is 0 Å². The minimum absolute atomic E-state index is 0.0525. The van der Waals surface area contributed by atoms with E-state index >= 15 is 0 Å². The summed E-state index contributed by atoms with van der Waals surface area (Å²) in [6.07, 6.45) is 11.1. The molecule has 3 heteroatoms. The molecule has 130 valence electrons. The highest BCUT2D eigenvalue weighted by Gasteiger charge is 2.57. The fourth-order valence-corrected chi connectivity index (χ4v) is 6.64. The Balaban J connectivity index is 1.66. The van der Waals surface area contributed by atoms with E-state index in [0.29, 0.717) is 30.0 Å². The van der Waals surface area contributed by atoms with Crippen molar-refractivity contribution >= 4 is 11.6 Å². The first-order valence-corrected chi connectivity index (χ1v) is 9.49. The summed E-state index contributed by atoms with van der Waals surface area (Å²) >= 11 is 0. The molecule has 4 aliphatic rings. The van der Waals surface area contributed by atoms with Gasteiger partial charge in [-0.15, -0.1) is 0 Å². The SMILES string of the molecule is C[C@]12CCC(=O)C=C1CCC1C2CC[C@]2(C)C(C(=O)CO)=CCC12. The van der Waals surface area contributed by atoms with Crippen LogP contribution in [0.5, 0.6) is 0 Å². The standard InChI is InChI=1S/C21H28O3/c1-20-9-7-14(23)11-13(20)3-4-15-16-5-6-18(19(24)12-22)21(16,2)10-8-17(15)20/h6,11,15-17,22H,3-5,7-10,12H2,1-2H3/t15?,16?,17?,20-,21-/m0/s1. The van der Waals surface area contributed by atoms with Gasteiger partial charge in [0.15, 0.2) is 11.6 Å². The number of ketones is 2. The van der Waals surface area contributed by atoms with Crippen molar-refractivity contribution in [2.24, 2.45) is 28.6 Å². The average Bonchev–Trinajstić information content (AvgIpc) is 2.92. The zero-order valence-corrected chi connectivity index (χ0v) is 14.8. The van der Waals surface area contributed by atoms with Crippen LogP contribution in [0, 0.1) is 28.6 Å². The highest BCUT2D eigenvalue weighted by molar-refractivity contribution is 5.98. The molecule has 4 rings (SSSR count). The molecule has 1 N–H and O–H groups in total. The Hall–Kier alpha value is -1.22. The van der Waals surface area contributed by atoms with Gasteiger partial charge < -0.3 is 5.11 Å². The van der Waals surface area contributed by atoms with Gasteiger partial charge in [-0.05, 0) is 78.8 Å². The first kappa shape index (κ1) is 16.3. The van der Waals surface area contributed by atoms with Crippen molar-refractivity contribution in [3.05, 3.63) is 23.3 Å². The highest BCUT2D eigenvalue weighted by Crippen LogP contribution is 2.65. The molecule has 0 saturated heterocycles. The largest absolute Gasteiger partial charge is 0.388 e. The van der Waals surface area contributed by atoms with Gasteiger partial charge in [-0.1, -0.05) is 25.5 Å². The van der Waals surface area contributed by atoms with Gasteiger partial charge in [-0.3, -0.25) is 9.59 Å². The van der Waals surface area contributed by atoms with Crippen molar-refractivity contribution in [3.8, 4) is 0 Å². The zero-order chi connectivity index (χ0) is 17.1. The predicted octanol–water partition coefficient (Wildman–Crippen LogP) is 3.62. The van der Waals surface area contributed by atoms with Crippen LogP contribution in [0.3, 0.4) is 0 Å². The fraction of sp³-hybridized carbons (Fsp3) is 0.714. The van der Waals surface area contributed by atoms with Crippen LogP contribution in [0.1, 0.15) is 58.8 Å². The Kier molecular flexibility index (Phi) is 3.65. The second-order valence-corrected chi connectivity index (χ2v) is 8.86. The molecule has 0 aliphatic heterocycles. The normalized spacial score (nSPS) is 44.1. The van der Waals surface area contributed by atoms with E-state index in [9.17, 15) is 14.7 Å². The predicted molar refractivity (Wildman–Crippen MR) is 92.3 cm³/mol. The molecule has 5 atom stereocenters. The summed E-state index contributed by atoms with van der Waals surface area (Å²) in [4.78, 5) is 24.1. The number of allylic oxidation sites excluding steroid dienone is 3. The summed E-state index contributed by atoms with van der Waals surface area (Å²) in [7, 11) is 0. The topological polar surface area (TPSA) is 54.4 Å². The third-order valence-corrected chi connectivity index (χ3v) is 7.99. The third-order valence-electron chi connectivity index (χ3n) is 7.99. The lowest BCUT2D eigenvalue weighted by Crippen LogP contribution is -2.50. The van der Waals surface area contributed by atoms with Gasteiger partial charge in [0.25, 0.3) is 0 Å². The Bertz CT molecular complexity index is 658. The maximum Gasteiger partial charge on any atom is 0.184 e. The Morgan fingerprint density at radius 1 is 1.17 bits per heavy atom. The second kappa shape index (κ2) is 5.39. The number of rotatable bonds is 2. The molecule has 0 amide bonds. The second-order valence-electron chi connectivity index (χ2n) is 8.86. The van der Waals surface area contributed by atoms with E-state index in [4.69, 9.17) is 0 Å². The lowest BCUT2D eigenvalue weighted by molar-refractivity contribution is -0.121. The average molecular weight is 328 g/mol. The van der Waals surface area contributed by atoms with Crippen molar-refractivity contribution in [3.63, 3.8) is 0 Å². The number of fused-ring (bicyclic) bond motifs is 5. The summed E-state index contributed by atoms with van der Waals surface area (Å²) in [5.41, 5.74) is 2.41. The minimum Gasteiger partial charge on any atom is -0.388 e. The van der Waals surface area contributed by atoms with E-state index < -0.39 is 0 Å². The molecule has 0 radical (unpaired) electrons. The number of carbonyl (C=O) groups is 2. The Morgan fingerprint density at radius 2 is 1.96 bits per heavy atom. The van der Waals surface area contributed by atoms with Crippen LogP contribution in [0.15, 0.2) is 23.3 Å². The number of aliphatic hydroxyl groups excluding tert-OH is 1. The third kappa shape index (κ3) is 2.06. The van der Waals surface area contributed by atoms with Gasteiger partial charge in [0.1, 0.15) is 6.61 Å². The molecular formula is C21H28O3. The van der Waals surface area contributed by atoms with Gasteiger partial charge >= 0.3 is 0 Å². The smallest absolute Gasteiger partial charge is 0.184 e. The van der Waals surface area contributed by atoms with E-state index in [-0.39, 0.29) is 23.2 Å². The summed E-state index contributed by atoms with van der Waals surface area (Å²) in [6.45, 7) is 4.26. The van der Waals surface area contributed by atoms with E-state index in [1.165, 1.54) is 5.57 Å². The Morgan fingerprint density at radius 3 is 2.71 bits per heavy atom. The number of hydrogen-bond donors (Lipinski definition) is 1. The molecule has 2 saturated carbocycles. The van der Waals surface area contributed by atoms with E-state index in [1.807, 2.05) is 6.08 Å². The molecule has 0 aromatic rings. The van der Waals surface area contributed by atoms with E-state index in [2.05, 4.69) is 19.9 Å². The molecule has 0 aromatic heterocycles. The molecule has 0 aromatic carbocycles. The van der Waals surface area contributed by atoms with Crippen LogP contribution in [-0.4, -0.2) is 23.3 Å². The molecule has 4 aliphatic carbocycles. The molecule has 24 heavy (non-hydrogen) atoms. The number of carbonyl (C=O) groups excluding carboxylic acids is 2. The molecular weight excluding hydrogens is 300 g/mol. The molecule has 3 unspecified atom stereocenters. The van der Waals surface area contributed by atoms with E-state index in [0.717, 1.165) is 44.1 Å². The van der Waals surface area contributed by atoms with Crippen LogP contribution in [0.2, 0.25) is 0 Å². The number of Topliss-reactive ketones (excluding diaryl/α,β-unsaturated/α-hetero) is 1. The lowest BCUT2D eigenvalue weighted by atomic mass is 9.47. The van der Waals surface area contributed by atoms with Gasteiger partial charge in [0.2, 0.25) is 0 Å². The summed E-state index contributed by atoms with van der Waals surface area (Å²) < 4.78 is 0. The maximum absolute atomic E-state index is 12.2.